The van der Waals surface area contributed by atoms with Gasteiger partial charge in [0.1, 0.15) is 12.4 Å². The molecule has 132 valence electrons. The van der Waals surface area contributed by atoms with Crippen LogP contribution in [0.2, 0.25) is 0 Å². The second-order valence-electron chi connectivity index (χ2n) is 6.79. The van der Waals surface area contributed by atoms with Crippen molar-refractivity contribution >= 4 is 5.91 Å². The van der Waals surface area contributed by atoms with Gasteiger partial charge in [-0.3, -0.25) is 4.79 Å². The maximum Gasteiger partial charge on any atom is 0.251 e. The number of benzene rings is 2. The monoisotopic (exact) mass is 337 g/mol. The maximum absolute atomic E-state index is 12.3. The fourth-order valence-electron chi connectivity index (χ4n) is 3.26. The summed E-state index contributed by atoms with van der Waals surface area (Å²) >= 11 is 0. The Balaban J connectivity index is 1.51. The third-order valence-corrected chi connectivity index (χ3v) is 4.89. The van der Waals surface area contributed by atoms with Gasteiger partial charge in [-0.1, -0.05) is 50.5 Å². The van der Waals surface area contributed by atoms with Crippen molar-refractivity contribution in [3.63, 3.8) is 0 Å². The van der Waals surface area contributed by atoms with E-state index in [1.54, 1.807) is 0 Å². The van der Waals surface area contributed by atoms with Gasteiger partial charge in [-0.25, -0.2) is 0 Å². The summed E-state index contributed by atoms with van der Waals surface area (Å²) in [6.07, 6.45) is 6.98. The Morgan fingerprint density at radius 3 is 2.24 bits per heavy atom. The lowest BCUT2D eigenvalue weighted by Gasteiger charge is -2.22. The zero-order valence-corrected chi connectivity index (χ0v) is 15.0. The van der Waals surface area contributed by atoms with Crippen LogP contribution in [0.15, 0.2) is 48.5 Å². The van der Waals surface area contributed by atoms with Crippen molar-refractivity contribution in [2.45, 2.75) is 58.1 Å². The van der Waals surface area contributed by atoms with Crippen molar-refractivity contribution < 1.29 is 9.53 Å². The fourth-order valence-corrected chi connectivity index (χ4v) is 3.26. The molecule has 1 N–H and O–H groups in total. The predicted octanol–water partition coefficient (Wildman–Crippen LogP) is 4.89. The molecule has 0 spiro atoms. The largest absolute Gasteiger partial charge is 0.489 e. The second kappa shape index (κ2) is 8.70. The van der Waals surface area contributed by atoms with Gasteiger partial charge in [0, 0.05) is 11.6 Å². The lowest BCUT2D eigenvalue weighted by atomic mass is 9.95. The summed E-state index contributed by atoms with van der Waals surface area (Å²) in [7, 11) is 0. The first-order chi connectivity index (χ1) is 12.2. The zero-order valence-electron chi connectivity index (χ0n) is 15.0. The molecular weight excluding hydrogens is 310 g/mol. The number of rotatable bonds is 6. The number of carbonyl (C=O) groups is 1. The molecule has 3 heteroatoms. The summed E-state index contributed by atoms with van der Waals surface area (Å²) in [5, 5.41) is 3.15. The van der Waals surface area contributed by atoms with Gasteiger partial charge in [-0.2, -0.15) is 0 Å². The van der Waals surface area contributed by atoms with Crippen molar-refractivity contribution in [3.8, 4) is 5.75 Å². The molecule has 1 aliphatic rings. The third kappa shape index (κ3) is 5.09. The molecule has 2 aromatic carbocycles. The van der Waals surface area contributed by atoms with Crippen LogP contribution in [-0.2, 0) is 13.0 Å². The minimum Gasteiger partial charge on any atom is -0.489 e. The summed E-state index contributed by atoms with van der Waals surface area (Å²) in [4.78, 5) is 12.3. The van der Waals surface area contributed by atoms with E-state index < -0.39 is 0 Å². The topological polar surface area (TPSA) is 38.3 Å². The third-order valence-electron chi connectivity index (χ3n) is 4.89. The van der Waals surface area contributed by atoms with Crippen molar-refractivity contribution in [1.29, 1.82) is 0 Å². The van der Waals surface area contributed by atoms with E-state index in [9.17, 15) is 4.79 Å². The average molecular weight is 337 g/mol. The molecule has 1 aliphatic carbocycles. The Kier molecular flexibility index (Phi) is 6.10. The molecule has 2 aromatic rings. The van der Waals surface area contributed by atoms with Crippen LogP contribution in [0.4, 0.5) is 0 Å². The van der Waals surface area contributed by atoms with Crippen LogP contribution in [0.5, 0.6) is 5.75 Å². The summed E-state index contributed by atoms with van der Waals surface area (Å²) in [5.74, 6) is 0.908. The van der Waals surface area contributed by atoms with Gasteiger partial charge in [-0.15, -0.1) is 0 Å². The molecule has 0 atom stereocenters. The molecule has 0 unspecified atom stereocenters. The zero-order chi connectivity index (χ0) is 17.5. The summed E-state index contributed by atoms with van der Waals surface area (Å²) in [6.45, 7) is 2.65. The minimum atomic E-state index is 0.0366. The molecule has 3 rings (SSSR count). The van der Waals surface area contributed by atoms with Crippen LogP contribution in [0.25, 0.3) is 0 Å². The van der Waals surface area contributed by atoms with Gasteiger partial charge in [-0.05, 0) is 54.7 Å². The van der Waals surface area contributed by atoms with E-state index in [4.69, 9.17) is 4.74 Å². The number of nitrogens with one attached hydrogen (secondary N) is 1. The SMILES string of the molecule is CCc1ccc(OCc2ccc(C(=O)NC3CCCCC3)cc2)cc1. The molecule has 3 nitrogen and oxygen atoms in total. The molecule has 0 bridgehead atoms. The summed E-state index contributed by atoms with van der Waals surface area (Å²) in [5.41, 5.74) is 3.09. The van der Waals surface area contributed by atoms with E-state index in [0.29, 0.717) is 12.6 Å². The first-order valence-corrected chi connectivity index (χ1v) is 9.36. The molecule has 0 heterocycles. The summed E-state index contributed by atoms with van der Waals surface area (Å²) in [6, 6.07) is 16.2. The first-order valence-electron chi connectivity index (χ1n) is 9.36. The number of ether oxygens (including phenoxy) is 1. The van der Waals surface area contributed by atoms with Gasteiger partial charge in [0.05, 0.1) is 0 Å². The van der Waals surface area contributed by atoms with Crippen LogP contribution in [0.1, 0.15) is 60.5 Å². The number of carbonyl (C=O) groups excluding carboxylic acids is 1. The Morgan fingerprint density at radius 1 is 0.960 bits per heavy atom. The molecule has 0 aromatic heterocycles. The van der Waals surface area contributed by atoms with Gasteiger partial charge in [0.25, 0.3) is 5.91 Å². The molecule has 1 amide bonds. The molecule has 0 saturated heterocycles. The van der Waals surface area contributed by atoms with E-state index in [1.165, 1.54) is 24.8 Å². The lowest BCUT2D eigenvalue weighted by Crippen LogP contribution is -2.36. The van der Waals surface area contributed by atoms with Crippen LogP contribution in [0, 0.1) is 0 Å². The van der Waals surface area contributed by atoms with Crippen molar-refractivity contribution in [2.75, 3.05) is 0 Å². The smallest absolute Gasteiger partial charge is 0.251 e. The highest BCUT2D eigenvalue weighted by atomic mass is 16.5. The van der Waals surface area contributed by atoms with Gasteiger partial charge < -0.3 is 10.1 Å². The van der Waals surface area contributed by atoms with Gasteiger partial charge in [0.15, 0.2) is 0 Å². The Morgan fingerprint density at radius 2 is 1.60 bits per heavy atom. The molecule has 0 aliphatic heterocycles. The van der Waals surface area contributed by atoms with Crippen LogP contribution in [0.3, 0.4) is 0 Å². The van der Waals surface area contributed by atoms with Gasteiger partial charge >= 0.3 is 0 Å². The molecule has 0 radical (unpaired) electrons. The number of aryl methyl sites for hydroxylation is 1. The number of amides is 1. The summed E-state index contributed by atoms with van der Waals surface area (Å²) < 4.78 is 5.81. The highest BCUT2D eigenvalue weighted by molar-refractivity contribution is 5.94. The fraction of sp³-hybridized carbons (Fsp3) is 0.409. The molecule has 1 fully saturated rings. The normalized spacial score (nSPS) is 14.9. The number of hydrogen-bond acceptors (Lipinski definition) is 2. The average Bonchev–Trinajstić information content (AvgIpc) is 2.68. The highest BCUT2D eigenvalue weighted by Crippen LogP contribution is 2.18. The van der Waals surface area contributed by atoms with E-state index in [2.05, 4.69) is 24.4 Å². The molecule has 25 heavy (non-hydrogen) atoms. The minimum absolute atomic E-state index is 0.0366. The van der Waals surface area contributed by atoms with Crippen LogP contribution in [-0.4, -0.2) is 11.9 Å². The molecular formula is C22H27NO2. The van der Waals surface area contributed by atoms with Crippen molar-refractivity contribution in [1.82, 2.24) is 5.32 Å². The van der Waals surface area contributed by atoms with E-state index in [1.807, 2.05) is 36.4 Å². The Labute approximate surface area is 150 Å². The Bertz CT molecular complexity index is 670. The predicted molar refractivity (Wildman–Crippen MR) is 101 cm³/mol. The quantitative estimate of drug-likeness (QED) is 0.815. The lowest BCUT2D eigenvalue weighted by molar-refractivity contribution is 0.0927. The van der Waals surface area contributed by atoms with E-state index >= 15 is 0 Å². The van der Waals surface area contributed by atoms with Crippen molar-refractivity contribution in [2.24, 2.45) is 0 Å². The van der Waals surface area contributed by atoms with E-state index in [0.717, 1.165) is 36.1 Å². The van der Waals surface area contributed by atoms with Crippen molar-refractivity contribution in [3.05, 3.63) is 65.2 Å². The van der Waals surface area contributed by atoms with E-state index in [-0.39, 0.29) is 5.91 Å². The van der Waals surface area contributed by atoms with Gasteiger partial charge in [0.2, 0.25) is 0 Å². The maximum atomic E-state index is 12.3. The number of hydrogen-bond donors (Lipinski definition) is 1. The first kappa shape index (κ1) is 17.5. The second-order valence-corrected chi connectivity index (χ2v) is 6.79. The highest BCUT2D eigenvalue weighted by Gasteiger charge is 2.16. The standard InChI is InChI=1S/C22H27NO2/c1-2-17-10-14-21(15-11-17)25-16-18-8-12-19(13-9-18)22(24)23-20-6-4-3-5-7-20/h8-15,20H,2-7,16H2,1H3,(H,23,24). The van der Waals surface area contributed by atoms with Crippen LogP contribution < -0.4 is 10.1 Å². The molecule has 1 saturated carbocycles. The Hall–Kier alpha value is -2.29. The van der Waals surface area contributed by atoms with Crippen LogP contribution >= 0.6 is 0 Å².